The predicted molar refractivity (Wildman–Crippen MR) is 75.0 cm³/mol. The molecule has 0 bridgehead atoms. The lowest BCUT2D eigenvalue weighted by atomic mass is 9.99. The van der Waals surface area contributed by atoms with Crippen molar-refractivity contribution in [1.82, 2.24) is 4.98 Å². The van der Waals surface area contributed by atoms with Crippen LogP contribution in [0.4, 0.5) is 8.78 Å². The Morgan fingerprint density at radius 2 is 1.55 bits per heavy atom. The van der Waals surface area contributed by atoms with Gasteiger partial charge in [0.1, 0.15) is 11.6 Å². The number of hydrogen-bond donors (Lipinski definition) is 0. The first-order valence-corrected chi connectivity index (χ1v) is 6.21. The second kappa shape index (κ2) is 5.21. The molecule has 3 rings (SSSR count). The average molecular weight is 267 g/mol. The largest absolute Gasteiger partial charge is 0.255 e. The van der Waals surface area contributed by atoms with E-state index in [0.717, 1.165) is 17.2 Å². The van der Waals surface area contributed by atoms with Crippen molar-refractivity contribution in [2.24, 2.45) is 0 Å². The van der Waals surface area contributed by atoms with E-state index in [9.17, 15) is 8.78 Å². The topological polar surface area (TPSA) is 12.9 Å². The monoisotopic (exact) mass is 267 g/mol. The molecule has 0 fully saturated rings. The fourth-order valence-corrected chi connectivity index (χ4v) is 2.15. The van der Waals surface area contributed by atoms with E-state index < -0.39 is 11.6 Å². The Morgan fingerprint density at radius 3 is 2.30 bits per heavy atom. The number of halogens is 2. The molecule has 0 atom stereocenters. The summed E-state index contributed by atoms with van der Waals surface area (Å²) in [6.45, 7) is 0. The summed E-state index contributed by atoms with van der Waals surface area (Å²) >= 11 is 0. The van der Waals surface area contributed by atoms with Gasteiger partial charge in [0.25, 0.3) is 0 Å². The van der Waals surface area contributed by atoms with Gasteiger partial charge in [-0.15, -0.1) is 0 Å². The maximum absolute atomic E-state index is 14.0. The molecule has 0 aliphatic carbocycles. The van der Waals surface area contributed by atoms with Crippen LogP contribution in [0.25, 0.3) is 22.4 Å². The second-order valence-electron chi connectivity index (χ2n) is 4.39. The van der Waals surface area contributed by atoms with Crippen molar-refractivity contribution in [2.75, 3.05) is 0 Å². The van der Waals surface area contributed by atoms with Gasteiger partial charge in [-0.05, 0) is 23.8 Å². The summed E-state index contributed by atoms with van der Waals surface area (Å²) in [7, 11) is 0. The maximum Gasteiger partial charge on any atom is 0.135 e. The van der Waals surface area contributed by atoms with Crippen molar-refractivity contribution in [3.05, 3.63) is 78.5 Å². The minimum atomic E-state index is -0.610. The van der Waals surface area contributed by atoms with Gasteiger partial charge < -0.3 is 0 Å². The molecular weight excluding hydrogens is 256 g/mol. The van der Waals surface area contributed by atoms with Crippen LogP contribution < -0.4 is 0 Å². The molecule has 1 aromatic heterocycles. The Bertz CT molecular complexity index is 739. The standard InChI is InChI=1S/C17H11F2N/c18-13-8-9-15(16(19)11-13)17-14(7-4-10-20-17)12-5-2-1-3-6-12/h1-11H. The third-order valence-corrected chi connectivity index (χ3v) is 3.08. The molecule has 3 heteroatoms. The molecule has 0 aliphatic rings. The lowest BCUT2D eigenvalue weighted by Gasteiger charge is -2.09. The summed E-state index contributed by atoms with van der Waals surface area (Å²) in [5.74, 6) is -1.20. The second-order valence-corrected chi connectivity index (χ2v) is 4.39. The highest BCUT2D eigenvalue weighted by molar-refractivity contribution is 5.80. The number of nitrogens with zero attached hydrogens (tertiary/aromatic N) is 1. The van der Waals surface area contributed by atoms with Gasteiger partial charge in [0.05, 0.1) is 5.69 Å². The smallest absolute Gasteiger partial charge is 0.135 e. The van der Waals surface area contributed by atoms with Crippen molar-refractivity contribution in [3.63, 3.8) is 0 Å². The van der Waals surface area contributed by atoms with Crippen LogP contribution in [0.5, 0.6) is 0 Å². The van der Waals surface area contributed by atoms with E-state index in [4.69, 9.17) is 0 Å². The fraction of sp³-hybridized carbons (Fsp3) is 0. The van der Waals surface area contributed by atoms with E-state index in [0.29, 0.717) is 11.3 Å². The molecular formula is C17H11F2N. The van der Waals surface area contributed by atoms with E-state index in [-0.39, 0.29) is 0 Å². The lowest BCUT2D eigenvalue weighted by molar-refractivity contribution is 0.585. The van der Waals surface area contributed by atoms with Crippen LogP contribution in [0.15, 0.2) is 66.9 Å². The summed E-state index contributed by atoms with van der Waals surface area (Å²) in [6.07, 6.45) is 1.60. The molecule has 0 spiro atoms. The van der Waals surface area contributed by atoms with Crippen LogP contribution in [-0.4, -0.2) is 4.98 Å². The molecule has 1 nitrogen and oxygen atoms in total. The van der Waals surface area contributed by atoms with E-state index in [1.165, 1.54) is 12.1 Å². The van der Waals surface area contributed by atoms with Gasteiger partial charge in [-0.3, -0.25) is 4.98 Å². The van der Waals surface area contributed by atoms with Gasteiger partial charge in [0.15, 0.2) is 0 Å². The van der Waals surface area contributed by atoms with Gasteiger partial charge in [-0.2, -0.15) is 0 Å². The summed E-state index contributed by atoms with van der Waals surface area (Å²) in [4.78, 5) is 4.25. The fourth-order valence-electron chi connectivity index (χ4n) is 2.15. The molecule has 0 saturated heterocycles. The zero-order valence-electron chi connectivity index (χ0n) is 10.6. The highest BCUT2D eigenvalue weighted by Crippen LogP contribution is 2.31. The molecule has 0 unspecified atom stereocenters. The molecule has 98 valence electrons. The molecule has 0 radical (unpaired) electrons. The van der Waals surface area contributed by atoms with Crippen LogP contribution in [-0.2, 0) is 0 Å². The third-order valence-electron chi connectivity index (χ3n) is 3.08. The summed E-state index contributed by atoms with van der Waals surface area (Å²) < 4.78 is 27.0. The number of aromatic nitrogens is 1. The van der Waals surface area contributed by atoms with Gasteiger partial charge in [0, 0.05) is 23.4 Å². The van der Waals surface area contributed by atoms with Crippen molar-refractivity contribution >= 4 is 0 Å². The molecule has 0 amide bonds. The zero-order chi connectivity index (χ0) is 13.9. The van der Waals surface area contributed by atoms with Crippen molar-refractivity contribution in [2.45, 2.75) is 0 Å². The van der Waals surface area contributed by atoms with E-state index in [1.807, 2.05) is 36.4 Å². The molecule has 2 aromatic carbocycles. The Kier molecular flexibility index (Phi) is 3.25. The lowest BCUT2D eigenvalue weighted by Crippen LogP contribution is -1.92. The molecule has 0 N–H and O–H groups in total. The summed E-state index contributed by atoms with van der Waals surface area (Å²) in [6, 6.07) is 16.8. The van der Waals surface area contributed by atoms with Crippen LogP contribution in [0.2, 0.25) is 0 Å². The first-order chi connectivity index (χ1) is 9.75. The maximum atomic E-state index is 14.0. The molecule has 3 aromatic rings. The van der Waals surface area contributed by atoms with Crippen LogP contribution in [0.1, 0.15) is 0 Å². The van der Waals surface area contributed by atoms with Crippen molar-refractivity contribution in [1.29, 1.82) is 0 Å². The minimum absolute atomic E-state index is 0.297. The Morgan fingerprint density at radius 1 is 0.750 bits per heavy atom. The Balaban J connectivity index is 2.20. The van der Waals surface area contributed by atoms with E-state index in [1.54, 1.807) is 12.3 Å². The van der Waals surface area contributed by atoms with Gasteiger partial charge in [0.2, 0.25) is 0 Å². The van der Waals surface area contributed by atoms with Crippen molar-refractivity contribution in [3.8, 4) is 22.4 Å². The highest BCUT2D eigenvalue weighted by atomic mass is 19.1. The minimum Gasteiger partial charge on any atom is -0.255 e. The van der Waals surface area contributed by atoms with Crippen LogP contribution >= 0.6 is 0 Å². The van der Waals surface area contributed by atoms with Gasteiger partial charge in [-0.1, -0.05) is 36.4 Å². The predicted octanol–water partition coefficient (Wildman–Crippen LogP) is 4.69. The average Bonchev–Trinajstić information content (AvgIpc) is 2.48. The van der Waals surface area contributed by atoms with Gasteiger partial charge >= 0.3 is 0 Å². The van der Waals surface area contributed by atoms with Crippen molar-refractivity contribution < 1.29 is 8.78 Å². The number of hydrogen-bond acceptors (Lipinski definition) is 1. The van der Waals surface area contributed by atoms with Gasteiger partial charge in [-0.25, -0.2) is 8.78 Å². The van der Waals surface area contributed by atoms with Crippen LogP contribution in [0.3, 0.4) is 0 Å². The summed E-state index contributed by atoms with van der Waals surface area (Å²) in [5, 5.41) is 0. The zero-order valence-corrected chi connectivity index (χ0v) is 10.6. The number of pyridine rings is 1. The molecule has 0 saturated carbocycles. The molecule has 20 heavy (non-hydrogen) atoms. The molecule has 1 heterocycles. The number of rotatable bonds is 2. The first-order valence-electron chi connectivity index (χ1n) is 6.21. The quantitative estimate of drug-likeness (QED) is 0.656. The first kappa shape index (κ1) is 12.5. The highest BCUT2D eigenvalue weighted by Gasteiger charge is 2.12. The number of benzene rings is 2. The Hall–Kier alpha value is -2.55. The van der Waals surface area contributed by atoms with E-state index in [2.05, 4.69) is 4.98 Å². The third kappa shape index (κ3) is 2.30. The SMILES string of the molecule is Fc1ccc(-c2ncccc2-c2ccccc2)c(F)c1. The Labute approximate surface area is 115 Å². The van der Waals surface area contributed by atoms with E-state index >= 15 is 0 Å². The van der Waals surface area contributed by atoms with Crippen LogP contribution in [0, 0.1) is 11.6 Å². The summed E-state index contributed by atoms with van der Waals surface area (Å²) in [5.41, 5.74) is 2.57. The normalized spacial score (nSPS) is 10.5. The molecule has 0 aliphatic heterocycles.